The van der Waals surface area contributed by atoms with Crippen LogP contribution in [0, 0.1) is 20.8 Å². The smallest absolute Gasteiger partial charge is 0.251 e. The Morgan fingerprint density at radius 3 is 2.50 bits per heavy atom. The highest BCUT2D eigenvalue weighted by atomic mass is 32.2. The highest BCUT2D eigenvalue weighted by Crippen LogP contribution is 2.30. The fourth-order valence-corrected chi connectivity index (χ4v) is 4.23. The second-order valence-corrected chi connectivity index (χ2v) is 6.75. The Morgan fingerprint density at radius 2 is 2.00 bits per heavy atom. The topological polar surface area (TPSA) is 38.3 Å². The van der Waals surface area contributed by atoms with E-state index in [4.69, 9.17) is 4.74 Å². The summed E-state index contributed by atoms with van der Waals surface area (Å²) in [6.07, 6.45) is 1.00. The van der Waals surface area contributed by atoms with E-state index in [2.05, 4.69) is 24.4 Å². The maximum absolute atomic E-state index is 12.4. The standard InChI is InChI=1S/C16H23NO2S/c1-11-7-12(2)14(13(3)8-11)15(18)17-9-16(19-4)5-6-20-10-16/h7-8H,5-6,9-10H2,1-4H3,(H,17,18)/t16-/m0/s1. The van der Waals surface area contributed by atoms with E-state index in [1.54, 1.807) is 7.11 Å². The van der Waals surface area contributed by atoms with Gasteiger partial charge in [0.15, 0.2) is 0 Å². The summed E-state index contributed by atoms with van der Waals surface area (Å²) in [5, 5.41) is 3.06. The summed E-state index contributed by atoms with van der Waals surface area (Å²) in [6, 6.07) is 4.11. The van der Waals surface area contributed by atoms with Crippen LogP contribution in [0.5, 0.6) is 0 Å². The van der Waals surface area contributed by atoms with E-state index in [0.717, 1.165) is 34.6 Å². The van der Waals surface area contributed by atoms with E-state index in [-0.39, 0.29) is 11.5 Å². The zero-order valence-corrected chi connectivity index (χ0v) is 13.5. The lowest BCUT2D eigenvalue weighted by Crippen LogP contribution is -2.44. The Kier molecular flexibility index (Phi) is 4.76. The van der Waals surface area contributed by atoms with Crippen LogP contribution in [0.3, 0.4) is 0 Å². The highest BCUT2D eigenvalue weighted by Gasteiger charge is 2.34. The van der Waals surface area contributed by atoms with Crippen molar-refractivity contribution in [2.24, 2.45) is 0 Å². The summed E-state index contributed by atoms with van der Waals surface area (Å²) in [7, 11) is 1.74. The maximum atomic E-state index is 12.4. The number of methoxy groups -OCH3 is 1. The largest absolute Gasteiger partial charge is 0.376 e. The van der Waals surface area contributed by atoms with Gasteiger partial charge in [-0.05, 0) is 44.1 Å². The van der Waals surface area contributed by atoms with Crippen LogP contribution in [-0.4, -0.2) is 36.7 Å². The van der Waals surface area contributed by atoms with Crippen molar-refractivity contribution in [1.82, 2.24) is 5.32 Å². The molecule has 0 aromatic heterocycles. The number of carbonyl (C=O) groups is 1. The molecule has 1 amide bonds. The van der Waals surface area contributed by atoms with Gasteiger partial charge >= 0.3 is 0 Å². The lowest BCUT2D eigenvalue weighted by molar-refractivity contribution is 0.0137. The van der Waals surface area contributed by atoms with Gasteiger partial charge in [-0.3, -0.25) is 4.79 Å². The van der Waals surface area contributed by atoms with Gasteiger partial charge in [0.05, 0.1) is 5.60 Å². The molecule has 1 N–H and O–H groups in total. The first-order valence-electron chi connectivity index (χ1n) is 6.96. The van der Waals surface area contributed by atoms with Crippen LogP contribution < -0.4 is 5.32 Å². The summed E-state index contributed by atoms with van der Waals surface area (Å²) in [6.45, 7) is 6.62. The number of hydrogen-bond donors (Lipinski definition) is 1. The molecule has 20 heavy (non-hydrogen) atoms. The zero-order valence-electron chi connectivity index (χ0n) is 12.7. The van der Waals surface area contributed by atoms with Crippen LogP contribution >= 0.6 is 11.8 Å². The summed E-state index contributed by atoms with van der Waals surface area (Å²) < 4.78 is 5.63. The molecule has 0 unspecified atom stereocenters. The van der Waals surface area contributed by atoms with E-state index in [9.17, 15) is 4.79 Å². The van der Waals surface area contributed by atoms with Crippen LogP contribution in [0.2, 0.25) is 0 Å². The van der Waals surface area contributed by atoms with Gasteiger partial charge in [-0.2, -0.15) is 11.8 Å². The van der Waals surface area contributed by atoms with Crippen LogP contribution in [0.4, 0.5) is 0 Å². The average molecular weight is 293 g/mol. The molecule has 1 aliphatic heterocycles. The molecule has 1 atom stereocenters. The van der Waals surface area contributed by atoms with Crippen molar-refractivity contribution < 1.29 is 9.53 Å². The Balaban J connectivity index is 2.09. The minimum atomic E-state index is -0.188. The first kappa shape index (κ1) is 15.4. The normalized spacial score (nSPS) is 22.0. The predicted molar refractivity (Wildman–Crippen MR) is 84.7 cm³/mol. The number of benzene rings is 1. The zero-order chi connectivity index (χ0) is 14.8. The summed E-state index contributed by atoms with van der Waals surface area (Å²) in [4.78, 5) is 12.4. The Hall–Kier alpha value is -1.00. The van der Waals surface area contributed by atoms with Crippen LogP contribution in [0.15, 0.2) is 12.1 Å². The monoisotopic (exact) mass is 293 g/mol. The number of rotatable bonds is 4. The van der Waals surface area contributed by atoms with Gasteiger partial charge in [0.1, 0.15) is 0 Å². The second-order valence-electron chi connectivity index (χ2n) is 5.65. The molecule has 0 aliphatic carbocycles. The number of nitrogens with one attached hydrogen (secondary N) is 1. The van der Waals surface area contributed by atoms with E-state index < -0.39 is 0 Å². The number of carbonyl (C=O) groups excluding carboxylic acids is 1. The molecular weight excluding hydrogens is 270 g/mol. The Labute approximate surface area is 125 Å². The molecule has 3 nitrogen and oxygen atoms in total. The van der Waals surface area contributed by atoms with E-state index in [1.807, 2.05) is 25.6 Å². The third-order valence-corrected chi connectivity index (χ3v) is 5.20. The van der Waals surface area contributed by atoms with Gasteiger partial charge in [0.2, 0.25) is 0 Å². The Bertz CT molecular complexity index is 484. The van der Waals surface area contributed by atoms with Gasteiger partial charge in [0, 0.05) is 25.0 Å². The minimum absolute atomic E-state index is 0.00771. The predicted octanol–water partition coefficient (Wildman–Crippen LogP) is 2.86. The molecule has 0 radical (unpaired) electrons. The van der Waals surface area contributed by atoms with Crippen LogP contribution in [-0.2, 0) is 4.74 Å². The molecule has 1 heterocycles. The first-order chi connectivity index (χ1) is 9.47. The SMILES string of the molecule is CO[C@]1(CNC(=O)c2c(C)cc(C)cc2C)CCSC1. The van der Waals surface area contributed by atoms with Gasteiger partial charge in [0.25, 0.3) is 5.91 Å². The lowest BCUT2D eigenvalue weighted by atomic mass is 9.98. The van der Waals surface area contributed by atoms with Gasteiger partial charge in [-0.15, -0.1) is 0 Å². The molecule has 4 heteroatoms. The van der Waals surface area contributed by atoms with Crippen molar-refractivity contribution in [3.05, 3.63) is 34.4 Å². The third-order valence-electron chi connectivity index (χ3n) is 3.98. The molecule has 1 aliphatic rings. The van der Waals surface area contributed by atoms with Crippen molar-refractivity contribution in [2.75, 3.05) is 25.2 Å². The number of thioether (sulfide) groups is 1. The van der Waals surface area contributed by atoms with Gasteiger partial charge in [-0.25, -0.2) is 0 Å². The molecule has 1 aromatic carbocycles. The molecule has 1 aromatic rings. The van der Waals surface area contributed by atoms with Crippen molar-refractivity contribution in [1.29, 1.82) is 0 Å². The third kappa shape index (κ3) is 3.18. The van der Waals surface area contributed by atoms with Crippen molar-refractivity contribution in [3.63, 3.8) is 0 Å². The summed E-state index contributed by atoms with van der Waals surface area (Å²) >= 11 is 1.89. The first-order valence-corrected chi connectivity index (χ1v) is 8.12. The second kappa shape index (κ2) is 6.19. The molecule has 0 spiro atoms. The van der Waals surface area contributed by atoms with Crippen molar-refractivity contribution >= 4 is 17.7 Å². The Morgan fingerprint density at radius 1 is 1.35 bits per heavy atom. The average Bonchev–Trinajstić information content (AvgIpc) is 2.84. The van der Waals surface area contributed by atoms with Gasteiger partial charge in [-0.1, -0.05) is 17.7 Å². The molecule has 0 bridgehead atoms. The van der Waals surface area contributed by atoms with E-state index in [0.29, 0.717) is 6.54 Å². The number of aryl methyl sites for hydroxylation is 3. The molecular formula is C16H23NO2S. The fraction of sp³-hybridized carbons (Fsp3) is 0.562. The van der Waals surface area contributed by atoms with Crippen molar-refractivity contribution in [2.45, 2.75) is 32.8 Å². The molecule has 1 saturated heterocycles. The fourth-order valence-electron chi connectivity index (χ4n) is 2.83. The quantitative estimate of drug-likeness (QED) is 0.927. The van der Waals surface area contributed by atoms with Crippen LogP contribution in [0.25, 0.3) is 0 Å². The van der Waals surface area contributed by atoms with Crippen molar-refractivity contribution in [3.8, 4) is 0 Å². The molecule has 2 rings (SSSR count). The number of hydrogen-bond acceptors (Lipinski definition) is 3. The van der Waals surface area contributed by atoms with Crippen LogP contribution in [0.1, 0.15) is 33.5 Å². The summed E-state index contributed by atoms with van der Waals surface area (Å²) in [5.74, 6) is 2.07. The highest BCUT2D eigenvalue weighted by molar-refractivity contribution is 7.99. The van der Waals surface area contributed by atoms with Gasteiger partial charge < -0.3 is 10.1 Å². The molecule has 1 fully saturated rings. The lowest BCUT2D eigenvalue weighted by Gasteiger charge is -2.27. The van der Waals surface area contributed by atoms with E-state index >= 15 is 0 Å². The number of ether oxygens (including phenoxy) is 1. The molecule has 0 saturated carbocycles. The number of amides is 1. The molecule has 110 valence electrons. The van der Waals surface area contributed by atoms with E-state index in [1.165, 1.54) is 5.56 Å². The maximum Gasteiger partial charge on any atom is 0.251 e. The minimum Gasteiger partial charge on any atom is -0.376 e. The summed E-state index contributed by atoms with van der Waals surface area (Å²) in [5.41, 5.74) is 3.87.